The molecule has 0 aliphatic heterocycles. The number of hydrogen-bond donors (Lipinski definition) is 1. The standard InChI is InChI=1S/C16H20OS/c1-16(17,11-12-6-2-3-7-12)15-10-13-8-4-5-9-14(13)18-15/h4-5,8-10,12,17H,2-3,6-7,11H2,1H3. The van der Waals surface area contributed by atoms with Gasteiger partial charge in [-0.3, -0.25) is 0 Å². The van der Waals surface area contributed by atoms with Crippen molar-refractivity contribution >= 4 is 21.4 Å². The summed E-state index contributed by atoms with van der Waals surface area (Å²) in [7, 11) is 0. The van der Waals surface area contributed by atoms with Crippen molar-refractivity contribution in [1.29, 1.82) is 0 Å². The molecule has 1 nitrogen and oxygen atoms in total. The van der Waals surface area contributed by atoms with Crippen LogP contribution in [-0.4, -0.2) is 5.11 Å². The van der Waals surface area contributed by atoms with E-state index in [0.29, 0.717) is 5.92 Å². The van der Waals surface area contributed by atoms with Gasteiger partial charge in [0.25, 0.3) is 0 Å². The third-order valence-electron chi connectivity index (χ3n) is 4.12. The lowest BCUT2D eigenvalue weighted by atomic mass is 9.89. The van der Waals surface area contributed by atoms with Crippen molar-refractivity contribution < 1.29 is 5.11 Å². The van der Waals surface area contributed by atoms with E-state index in [-0.39, 0.29) is 0 Å². The van der Waals surface area contributed by atoms with E-state index in [1.54, 1.807) is 11.3 Å². The minimum atomic E-state index is -0.654. The summed E-state index contributed by atoms with van der Waals surface area (Å²) in [6.07, 6.45) is 6.18. The Balaban J connectivity index is 1.86. The second kappa shape index (κ2) is 4.67. The lowest BCUT2D eigenvalue weighted by molar-refractivity contribution is 0.0344. The van der Waals surface area contributed by atoms with Crippen LogP contribution >= 0.6 is 11.3 Å². The summed E-state index contributed by atoms with van der Waals surface area (Å²) in [6, 6.07) is 10.5. The molecule has 96 valence electrons. The van der Waals surface area contributed by atoms with E-state index in [4.69, 9.17) is 0 Å². The number of fused-ring (bicyclic) bond motifs is 1. The zero-order valence-electron chi connectivity index (χ0n) is 10.9. The van der Waals surface area contributed by atoms with Gasteiger partial charge in [-0.05, 0) is 36.8 Å². The van der Waals surface area contributed by atoms with Gasteiger partial charge >= 0.3 is 0 Å². The van der Waals surface area contributed by atoms with Crippen LogP contribution in [-0.2, 0) is 5.60 Å². The summed E-state index contributed by atoms with van der Waals surface area (Å²) in [4.78, 5) is 1.12. The van der Waals surface area contributed by atoms with Crippen LogP contribution in [0.3, 0.4) is 0 Å². The third kappa shape index (κ3) is 2.32. The Kier molecular flexibility index (Phi) is 3.16. The SMILES string of the molecule is CC(O)(CC1CCCC1)c1cc2ccccc2s1. The fourth-order valence-electron chi connectivity index (χ4n) is 3.12. The largest absolute Gasteiger partial charge is 0.385 e. The number of benzene rings is 1. The minimum Gasteiger partial charge on any atom is -0.385 e. The van der Waals surface area contributed by atoms with Gasteiger partial charge in [-0.1, -0.05) is 43.9 Å². The minimum absolute atomic E-state index is 0.654. The summed E-state index contributed by atoms with van der Waals surface area (Å²) in [6.45, 7) is 1.98. The van der Waals surface area contributed by atoms with Crippen molar-refractivity contribution in [2.45, 2.75) is 44.6 Å². The first-order chi connectivity index (χ1) is 8.65. The lowest BCUT2D eigenvalue weighted by Crippen LogP contribution is -2.22. The summed E-state index contributed by atoms with van der Waals surface area (Å²) >= 11 is 1.74. The van der Waals surface area contributed by atoms with E-state index in [2.05, 4.69) is 30.3 Å². The monoisotopic (exact) mass is 260 g/mol. The summed E-state index contributed by atoms with van der Waals surface area (Å²) in [5, 5.41) is 12.0. The highest BCUT2D eigenvalue weighted by atomic mass is 32.1. The van der Waals surface area contributed by atoms with E-state index in [9.17, 15) is 5.11 Å². The second-order valence-corrected chi connectivity index (χ2v) is 6.86. The highest BCUT2D eigenvalue weighted by molar-refractivity contribution is 7.19. The fraction of sp³-hybridized carbons (Fsp3) is 0.500. The molecule has 1 heterocycles. The molecule has 2 aromatic rings. The van der Waals surface area contributed by atoms with Crippen molar-refractivity contribution in [1.82, 2.24) is 0 Å². The number of hydrogen-bond acceptors (Lipinski definition) is 2. The van der Waals surface area contributed by atoms with Crippen LogP contribution in [0.2, 0.25) is 0 Å². The highest BCUT2D eigenvalue weighted by Crippen LogP contribution is 2.40. The van der Waals surface area contributed by atoms with Gasteiger partial charge in [-0.25, -0.2) is 0 Å². The molecule has 1 atom stereocenters. The second-order valence-electron chi connectivity index (χ2n) is 5.78. The smallest absolute Gasteiger partial charge is 0.0963 e. The van der Waals surface area contributed by atoms with Gasteiger partial charge in [0.2, 0.25) is 0 Å². The van der Waals surface area contributed by atoms with Crippen LogP contribution in [0, 0.1) is 5.92 Å². The lowest BCUT2D eigenvalue weighted by Gasteiger charge is -2.25. The van der Waals surface area contributed by atoms with E-state index >= 15 is 0 Å². The molecular formula is C16H20OS. The van der Waals surface area contributed by atoms with Crippen LogP contribution in [0.5, 0.6) is 0 Å². The zero-order valence-corrected chi connectivity index (χ0v) is 11.7. The molecular weight excluding hydrogens is 240 g/mol. The summed E-state index contributed by atoms with van der Waals surface area (Å²) in [5.74, 6) is 0.713. The molecule has 18 heavy (non-hydrogen) atoms. The van der Waals surface area contributed by atoms with Gasteiger partial charge < -0.3 is 5.11 Å². The van der Waals surface area contributed by atoms with Crippen LogP contribution in [0.25, 0.3) is 10.1 Å². The molecule has 1 saturated carbocycles. The van der Waals surface area contributed by atoms with Crippen molar-refractivity contribution in [2.75, 3.05) is 0 Å². The van der Waals surface area contributed by atoms with Crippen molar-refractivity contribution in [3.63, 3.8) is 0 Å². The van der Waals surface area contributed by atoms with E-state index in [1.165, 1.54) is 35.8 Å². The molecule has 0 amide bonds. The van der Waals surface area contributed by atoms with Crippen LogP contribution in [0.1, 0.15) is 43.9 Å². The Labute approximate surface area is 112 Å². The number of thiophene rings is 1. The topological polar surface area (TPSA) is 20.2 Å². The molecule has 0 bridgehead atoms. The van der Waals surface area contributed by atoms with Gasteiger partial charge in [0.15, 0.2) is 0 Å². The van der Waals surface area contributed by atoms with Crippen molar-refractivity contribution in [2.24, 2.45) is 5.92 Å². The van der Waals surface area contributed by atoms with Gasteiger partial charge in [0, 0.05) is 9.58 Å². The maximum Gasteiger partial charge on any atom is 0.0963 e. The Morgan fingerprint density at radius 2 is 2.00 bits per heavy atom. The summed E-state index contributed by atoms with van der Waals surface area (Å²) < 4.78 is 1.28. The number of aliphatic hydroxyl groups is 1. The molecule has 1 N–H and O–H groups in total. The predicted molar refractivity (Wildman–Crippen MR) is 78.0 cm³/mol. The molecule has 1 unspecified atom stereocenters. The average molecular weight is 260 g/mol. The first-order valence-electron chi connectivity index (χ1n) is 6.86. The van der Waals surface area contributed by atoms with Crippen LogP contribution in [0.15, 0.2) is 30.3 Å². The van der Waals surface area contributed by atoms with Gasteiger partial charge in [0.1, 0.15) is 0 Å². The first kappa shape index (κ1) is 12.2. The maximum absolute atomic E-state index is 10.8. The highest BCUT2D eigenvalue weighted by Gasteiger charge is 2.30. The Bertz CT molecular complexity index is 502. The molecule has 1 aromatic heterocycles. The summed E-state index contributed by atoms with van der Waals surface area (Å²) in [5.41, 5.74) is -0.654. The number of rotatable bonds is 3. The molecule has 1 aromatic carbocycles. The molecule has 1 fully saturated rings. The first-order valence-corrected chi connectivity index (χ1v) is 7.68. The van der Waals surface area contributed by atoms with E-state index in [1.807, 2.05) is 6.92 Å². The predicted octanol–water partition coefficient (Wildman–Crippen LogP) is 4.69. The Morgan fingerprint density at radius 1 is 1.28 bits per heavy atom. The Hall–Kier alpha value is -0.860. The van der Waals surface area contributed by atoms with E-state index in [0.717, 1.165) is 11.3 Å². The quantitative estimate of drug-likeness (QED) is 0.849. The van der Waals surface area contributed by atoms with Crippen LogP contribution in [0.4, 0.5) is 0 Å². The van der Waals surface area contributed by atoms with Gasteiger partial charge in [0.05, 0.1) is 5.60 Å². The van der Waals surface area contributed by atoms with Crippen LogP contribution < -0.4 is 0 Å². The molecule has 1 aliphatic carbocycles. The Morgan fingerprint density at radius 3 is 2.72 bits per heavy atom. The molecule has 2 heteroatoms. The fourth-order valence-corrected chi connectivity index (χ4v) is 4.24. The zero-order chi connectivity index (χ0) is 12.6. The molecule has 3 rings (SSSR count). The molecule has 0 radical (unpaired) electrons. The normalized spacial score (nSPS) is 20.3. The molecule has 0 spiro atoms. The molecule has 0 saturated heterocycles. The molecule has 1 aliphatic rings. The van der Waals surface area contributed by atoms with Gasteiger partial charge in [-0.15, -0.1) is 11.3 Å². The maximum atomic E-state index is 10.8. The van der Waals surface area contributed by atoms with E-state index < -0.39 is 5.60 Å². The van der Waals surface area contributed by atoms with Gasteiger partial charge in [-0.2, -0.15) is 0 Å². The average Bonchev–Trinajstić information content (AvgIpc) is 2.96. The third-order valence-corrected chi connectivity index (χ3v) is 5.49. The van der Waals surface area contributed by atoms with Crippen molar-refractivity contribution in [3.05, 3.63) is 35.2 Å². The van der Waals surface area contributed by atoms with Crippen molar-refractivity contribution in [3.8, 4) is 0 Å².